The van der Waals surface area contributed by atoms with Crippen molar-refractivity contribution in [3.8, 4) is 5.75 Å². The monoisotopic (exact) mass is 483 g/mol. The third-order valence-electron chi connectivity index (χ3n) is 5.99. The minimum Gasteiger partial charge on any atom is -0.503 e. The molecule has 0 radical (unpaired) electrons. The molecule has 9 heteroatoms. The van der Waals surface area contributed by atoms with Crippen LogP contribution in [0.15, 0.2) is 48.3 Å². The summed E-state index contributed by atoms with van der Waals surface area (Å²) in [6.45, 7) is 11.4. The molecule has 2 aromatic rings. The molecule has 2 aliphatic rings. The molecular formula is C25H29N3O5S. The lowest BCUT2D eigenvalue weighted by Gasteiger charge is -2.32. The number of para-hydroxylation sites is 1. The first-order chi connectivity index (χ1) is 16.4. The minimum atomic E-state index is -0.774. The van der Waals surface area contributed by atoms with E-state index in [0.717, 1.165) is 18.1 Å². The van der Waals surface area contributed by atoms with Gasteiger partial charge in [0.1, 0.15) is 12.4 Å². The van der Waals surface area contributed by atoms with Gasteiger partial charge < -0.3 is 19.5 Å². The summed E-state index contributed by atoms with van der Waals surface area (Å²) >= 11 is 1.26. The van der Waals surface area contributed by atoms with Crippen LogP contribution in [-0.2, 0) is 9.53 Å². The Labute approximate surface area is 203 Å². The van der Waals surface area contributed by atoms with Crippen molar-refractivity contribution in [2.24, 2.45) is 0 Å². The number of aliphatic hydroxyl groups is 1. The predicted octanol–water partition coefficient (Wildman–Crippen LogP) is 3.24. The van der Waals surface area contributed by atoms with Gasteiger partial charge in [0.15, 0.2) is 5.76 Å². The first-order valence-electron chi connectivity index (χ1n) is 11.3. The number of morpholine rings is 1. The van der Waals surface area contributed by atoms with E-state index in [1.807, 2.05) is 25.1 Å². The normalized spacial score (nSPS) is 19.1. The van der Waals surface area contributed by atoms with Crippen LogP contribution in [-0.4, -0.2) is 77.6 Å². The Morgan fingerprint density at radius 2 is 2.03 bits per heavy atom. The molecule has 1 amide bonds. The molecule has 4 rings (SSSR count). The number of amides is 1. The molecule has 180 valence electrons. The molecule has 0 saturated carbocycles. The van der Waals surface area contributed by atoms with Crippen LogP contribution in [0.5, 0.6) is 5.75 Å². The number of aryl methyl sites for hydroxylation is 2. The Kier molecular flexibility index (Phi) is 7.45. The van der Waals surface area contributed by atoms with Gasteiger partial charge in [-0.05, 0) is 19.9 Å². The van der Waals surface area contributed by atoms with Gasteiger partial charge in [-0.1, -0.05) is 30.9 Å². The van der Waals surface area contributed by atoms with E-state index < -0.39 is 17.7 Å². The van der Waals surface area contributed by atoms with Gasteiger partial charge in [-0.3, -0.25) is 14.5 Å². The number of benzene rings is 1. The SMILES string of the molecule is C=CCOc1ccccc1C1C(C(=O)c2sc(C)nc2C)=C(O)C(=O)N1CCN1CCOCC1. The lowest BCUT2D eigenvalue weighted by molar-refractivity contribution is -0.129. The van der Waals surface area contributed by atoms with E-state index in [9.17, 15) is 14.7 Å². The summed E-state index contributed by atoms with van der Waals surface area (Å²) in [6.07, 6.45) is 1.63. The second-order valence-electron chi connectivity index (χ2n) is 8.23. The summed E-state index contributed by atoms with van der Waals surface area (Å²) in [5.74, 6) is -0.917. The van der Waals surface area contributed by atoms with Crippen LogP contribution in [0.2, 0.25) is 0 Å². The third-order valence-corrected chi connectivity index (χ3v) is 7.06. The summed E-state index contributed by atoms with van der Waals surface area (Å²) in [6, 6.07) is 6.51. The molecule has 1 unspecified atom stereocenters. The van der Waals surface area contributed by atoms with E-state index in [1.54, 1.807) is 24.0 Å². The number of ether oxygens (including phenoxy) is 2. The van der Waals surface area contributed by atoms with Gasteiger partial charge in [-0.25, -0.2) is 4.98 Å². The maximum absolute atomic E-state index is 13.7. The van der Waals surface area contributed by atoms with Gasteiger partial charge in [0, 0.05) is 31.7 Å². The average molecular weight is 484 g/mol. The largest absolute Gasteiger partial charge is 0.503 e. The maximum Gasteiger partial charge on any atom is 0.290 e. The summed E-state index contributed by atoms with van der Waals surface area (Å²) in [4.78, 5) is 35.5. The zero-order chi connectivity index (χ0) is 24.2. The fraction of sp³-hybridized carbons (Fsp3) is 0.400. The van der Waals surface area contributed by atoms with Gasteiger partial charge in [-0.2, -0.15) is 0 Å². The van der Waals surface area contributed by atoms with Gasteiger partial charge in [-0.15, -0.1) is 11.3 Å². The highest BCUT2D eigenvalue weighted by molar-refractivity contribution is 7.14. The molecule has 1 N–H and O–H groups in total. The highest BCUT2D eigenvalue weighted by Crippen LogP contribution is 2.43. The number of thiazole rings is 1. The van der Waals surface area contributed by atoms with Crippen molar-refractivity contribution in [2.75, 3.05) is 46.0 Å². The van der Waals surface area contributed by atoms with Gasteiger partial charge in [0.25, 0.3) is 5.91 Å². The Morgan fingerprint density at radius 1 is 1.29 bits per heavy atom. The molecule has 0 spiro atoms. The van der Waals surface area contributed by atoms with Crippen LogP contribution >= 0.6 is 11.3 Å². The molecule has 1 aromatic carbocycles. The molecule has 1 saturated heterocycles. The quantitative estimate of drug-likeness (QED) is 0.432. The first-order valence-corrected chi connectivity index (χ1v) is 12.1. The van der Waals surface area contributed by atoms with E-state index in [-0.39, 0.29) is 18.0 Å². The Morgan fingerprint density at radius 3 is 2.71 bits per heavy atom. The molecule has 1 atom stereocenters. The maximum atomic E-state index is 13.7. The van der Waals surface area contributed by atoms with Gasteiger partial charge in [0.05, 0.1) is 40.4 Å². The molecule has 8 nitrogen and oxygen atoms in total. The van der Waals surface area contributed by atoms with E-state index in [4.69, 9.17) is 9.47 Å². The number of ketones is 1. The highest BCUT2D eigenvalue weighted by atomic mass is 32.1. The van der Waals surface area contributed by atoms with Crippen molar-refractivity contribution < 1.29 is 24.2 Å². The number of carbonyl (C=O) groups excluding carboxylic acids is 2. The summed E-state index contributed by atoms with van der Waals surface area (Å²) in [7, 11) is 0. The van der Waals surface area contributed by atoms with E-state index in [2.05, 4.69) is 16.5 Å². The number of rotatable bonds is 9. The fourth-order valence-corrected chi connectivity index (χ4v) is 5.24. The fourth-order valence-electron chi connectivity index (χ4n) is 4.36. The van der Waals surface area contributed by atoms with Crippen molar-refractivity contribution in [3.05, 3.63) is 69.4 Å². The summed E-state index contributed by atoms with van der Waals surface area (Å²) < 4.78 is 11.3. The zero-order valence-electron chi connectivity index (χ0n) is 19.5. The molecule has 1 fully saturated rings. The highest BCUT2D eigenvalue weighted by Gasteiger charge is 2.45. The molecule has 3 heterocycles. The number of aromatic nitrogens is 1. The lowest BCUT2D eigenvalue weighted by atomic mass is 9.94. The number of carbonyl (C=O) groups is 2. The van der Waals surface area contributed by atoms with Crippen LogP contribution in [0, 0.1) is 13.8 Å². The van der Waals surface area contributed by atoms with Crippen LogP contribution in [0.1, 0.15) is 32.0 Å². The average Bonchev–Trinajstić information content (AvgIpc) is 3.31. The molecule has 0 aliphatic carbocycles. The van der Waals surface area contributed by atoms with E-state index >= 15 is 0 Å². The van der Waals surface area contributed by atoms with Crippen LogP contribution < -0.4 is 4.74 Å². The Hall–Kier alpha value is -3.01. The summed E-state index contributed by atoms with van der Waals surface area (Å²) in [5.41, 5.74) is 1.29. The number of Topliss-reactive ketones (excluding diaryl/α,β-unsaturated/α-hetero) is 1. The number of hydrogen-bond donors (Lipinski definition) is 1. The van der Waals surface area contributed by atoms with Crippen molar-refractivity contribution in [3.63, 3.8) is 0 Å². The standard InChI is InChI=1S/C25H29N3O5S/c1-4-13-33-19-8-6-5-7-18(19)21-20(22(29)24-16(2)26-17(3)34-24)23(30)25(31)28(21)10-9-27-11-14-32-15-12-27/h4-8,21,30H,1,9-15H2,2-3H3. The van der Waals surface area contributed by atoms with Crippen molar-refractivity contribution in [2.45, 2.75) is 19.9 Å². The lowest BCUT2D eigenvalue weighted by Crippen LogP contribution is -2.43. The van der Waals surface area contributed by atoms with E-state index in [1.165, 1.54) is 11.3 Å². The molecule has 34 heavy (non-hydrogen) atoms. The van der Waals surface area contributed by atoms with Crippen molar-refractivity contribution in [1.29, 1.82) is 0 Å². The van der Waals surface area contributed by atoms with Gasteiger partial charge >= 0.3 is 0 Å². The predicted molar refractivity (Wildman–Crippen MR) is 129 cm³/mol. The number of nitrogens with zero attached hydrogens (tertiary/aromatic N) is 3. The minimum absolute atomic E-state index is 0.0633. The first kappa shape index (κ1) is 24.1. The molecular weight excluding hydrogens is 454 g/mol. The second-order valence-corrected chi connectivity index (χ2v) is 9.43. The second kappa shape index (κ2) is 10.5. The van der Waals surface area contributed by atoms with E-state index in [0.29, 0.717) is 48.2 Å². The Bertz CT molecular complexity index is 1120. The van der Waals surface area contributed by atoms with Crippen LogP contribution in [0.3, 0.4) is 0 Å². The van der Waals surface area contributed by atoms with Crippen molar-refractivity contribution in [1.82, 2.24) is 14.8 Å². The number of hydrogen-bond acceptors (Lipinski definition) is 8. The van der Waals surface area contributed by atoms with Crippen LogP contribution in [0.4, 0.5) is 0 Å². The third kappa shape index (κ3) is 4.77. The Balaban J connectivity index is 1.74. The molecule has 1 aromatic heterocycles. The summed E-state index contributed by atoms with van der Waals surface area (Å²) in [5, 5.41) is 11.7. The van der Waals surface area contributed by atoms with Crippen molar-refractivity contribution >= 4 is 23.0 Å². The number of aliphatic hydroxyl groups excluding tert-OH is 1. The smallest absolute Gasteiger partial charge is 0.290 e. The molecule has 0 bridgehead atoms. The topological polar surface area (TPSA) is 92.2 Å². The molecule has 2 aliphatic heterocycles. The zero-order valence-corrected chi connectivity index (χ0v) is 20.3. The van der Waals surface area contributed by atoms with Gasteiger partial charge in [0.2, 0.25) is 5.78 Å². The van der Waals surface area contributed by atoms with Crippen LogP contribution in [0.25, 0.3) is 0 Å².